The van der Waals surface area contributed by atoms with E-state index in [0.717, 1.165) is 0 Å². The van der Waals surface area contributed by atoms with Gasteiger partial charge in [-0.2, -0.15) is 52.7 Å². The Balaban J connectivity index is 2.69. The van der Waals surface area contributed by atoms with Gasteiger partial charge >= 0.3 is 64.1 Å². The largest absolute Gasteiger partial charge is 0.438 e. The predicted molar refractivity (Wildman–Crippen MR) is 63.8 cm³/mol. The minimum Gasteiger partial charge on any atom is -0.438 e. The Labute approximate surface area is 161 Å². The van der Waals surface area contributed by atoms with Crippen LogP contribution in [-0.2, 0) is 9.53 Å². The fraction of sp³-hybridized carbons (Fsp3) is 0.917. The van der Waals surface area contributed by atoms with Crippen LogP contribution in [0, 0.1) is 0 Å². The van der Waals surface area contributed by atoms with E-state index in [4.69, 9.17) is 0 Å². The summed E-state index contributed by atoms with van der Waals surface area (Å²) in [4.78, 5) is 11.2. The number of alkyl halides is 16. The third-order valence-electron chi connectivity index (χ3n) is 5.60. The van der Waals surface area contributed by atoms with Gasteiger partial charge in [0.25, 0.3) is 0 Å². The first kappa shape index (κ1) is 23.6. The lowest BCUT2D eigenvalue weighted by atomic mass is 9.40. The maximum atomic E-state index is 14.6. The molecule has 0 heterocycles. The van der Waals surface area contributed by atoms with E-state index in [9.17, 15) is 70.7 Å². The minimum atomic E-state index is -7.89. The predicted octanol–water partition coefficient (Wildman–Crippen LogP) is 4.64. The van der Waals surface area contributed by atoms with Gasteiger partial charge in [-0.05, 0) is 0 Å². The molecule has 4 rings (SSSR count). The van der Waals surface area contributed by atoms with Crippen molar-refractivity contribution in [1.29, 1.82) is 0 Å². The summed E-state index contributed by atoms with van der Waals surface area (Å²) in [7, 11) is 0. The van der Waals surface area contributed by atoms with Crippen molar-refractivity contribution >= 4 is 21.9 Å². The molecule has 0 aromatic carbocycles. The fourth-order valence-electron chi connectivity index (χ4n) is 4.20. The van der Waals surface area contributed by atoms with Crippen LogP contribution in [0.2, 0.25) is 0 Å². The van der Waals surface area contributed by atoms with Crippen molar-refractivity contribution in [3.8, 4) is 0 Å². The molecule has 30 heavy (non-hydrogen) atoms. The third-order valence-corrected chi connectivity index (χ3v) is 6.05. The van der Waals surface area contributed by atoms with Crippen LogP contribution >= 0.6 is 15.9 Å². The smallest absolute Gasteiger partial charge is 0.345 e. The summed E-state index contributed by atoms with van der Waals surface area (Å²) in [6, 6.07) is 0. The highest BCUT2D eigenvalue weighted by Crippen LogP contribution is 2.88. The van der Waals surface area contributed by atoms with Gasteiger partial charge in [0.2, 0.25) is 0 Å². The molecule has 4 fully saturated rings. The van der Waals surface area contributed by atoms with Gasteiger partial charge in [0, 0.05) is 0 Å². The lowest BCUT2D eigenvalue weighted by Gasteiger charge is -2.74. The van der Waals surface area contributed by atoms with E-state index in [1.807, 2.05) is 15.9 Å². The second-order valence-corrected chi connectivity index (χ2v) is 7.27. The molecule has 4 saturated carbocycles. The van der Waals surface area contributed by atoms with Crippen molar-refractivity contribution in [2.75, 3.05) is 5.33 Å². The lowest BCUT2D eigenvalue weighted by Crippen LogP contribution is -3.10. The highest BCUT2D eigenvalue weighted by molar-refractivity contribution is 9.09. The second kappa shape index (κ2) is 4.94. The van der Waals surface area contributed by atoms with Gasteiger partial charge in [-0.3, -0.25) is 4.79 Å². The van der Waals surface area contributed by atoms with Crippen molar-refractivity contribution in [3.63, 3.8) is 0 Å². The molecular weight excluding hydrogens is 541 g/mol. The Bertz CT molecular complexity index is 724. The van der Waals surface area contributed by atoms with Gasteiger partial charge in [-0.1, -0.05) is 15.9 Å². The molecule has 18 heteroatoms. The Kier molecular flexibility index (Phi) is 3.88. The zero-order valence-electron chi connectivity index (χ0n) is 13.1. The maximum Gasteiger partial charge on any atom is 0.345 e. The summed E-state index contributed by atoms with van der Waals surface area (Å²) in [5.74, 6) is -49.7. The zero-order valence-corrected chi connectivity index (χ0v) is 14.7. The molecule has 0 aromatic heterocycles. The molecule has 2 nitrogen and oxygen atoms in total. The van der Waals surface area contributed by atoms with Gasteiger partial charge in [-0.25, -0.2) is 13.2 Å². The molecule has 174 valence electrons. The Hall–Kier alpha value is -1.10. The van der Waals surface area contributed by atoms with Gasteiger partial charge in [0.05, 0.1) is 0 Å². The van der Waals surface area contributed by atoms with Crippen LogP contribution < -0.4 is 0 Å². The number of rotatable bonds is 2. The van der Waals surface area contributed by atoms with Gasteiger partial charge < -0.3 is 4.74 Å². The van der Waals surface area contributed by atoms with Crippen molar-refractivity contribution in [2.45, 2.75) is 58.1 Å². The molecule has 4 aliphatic carbocycles. The average Bonchev–Trinajstić information content (AvgIpc) is 2.58. The van der Waals surface area contributed by atoms with Crippen molar-refractivity contribution < 1.29 is 75.4 Å². The van der Waals surface area contributed by atoms with E-state index in [0.29, 0.717) is 0 Å². The van der Waals surface area contributed by atoms with Crippen LogP contribution in [0.1, 0.15) is 0 Å². The summed E-state index contributed by atoms with van der Waals surface area (Å²) in [5, 5.41) is -1.70. The van der Waals surface area contributed by atoms with Crippen LogP contribution in [0.15, 0.2) is 0 Å². The summed E-state index contributed by atoms with van der Waals surface area (Å²) in [6.45, 7) is 0. The Morgan fingerprint density at radius 1 is 0.533 bits per heavy atom. The van der Waals surface area contributed by atoms with Crippen LogP contribution in [0.4, 0.5) is 65.9 Å². The zero-order chi connectivity index (χ0) is 24.0. The molecule has 0 atom stereocenters. The van der Waals surface area contributed by atoms with Crippen LogP contribution in [0.5, 0.6) is 0 Å². The summed E-state index contributed by atoms with van der Waals surface area (Å²) < 4.78 is 218. The first-order valence-electron chi connectivity index (χ1n) is 7.07. The summed E-state index contributed by atoms with van der Waals surface area (Å²) in [5.41, 5.74) is -30.4. The van der Waals surface area contributed by atoms with E-state index in [2.05, 4.69) is 4.74 Å². The van der Waals surface area contributed by atoms with Gasteiger partial charge in [0.1, 0.15) is 5.33 Å². The first-order valence-corrected chi connectivity index (χ1v) is 8.19. The number of ether oxygens (including phenoxy) is 1. The Morgan fingerprint density at radius 2 is 0.767 bits per heavy atom. The molecule has 4 aliphatic rings. The van der Waals surface area contributed by atoms with Crippen molar-refractivity contribution in [3.05, 3.63) is 0 Å². The van der Waals surface area contributed by atoms with E-state index < -0.39 is 69.4 Å². The molecule has 0 N–H and O–H groups in total. The van der Waals surface area contributed by atoms with Crippen LogP contribution in [0.3, 0.4) is 0 Å². The van der Waals surface area contributed by atoms with Crippen molar-refractivity contribution in [1.82, 2.24) is 0 Å². The van der Waals surface area contributed by atoms with E-state index in [1.54, 1.807) is 0 Å². The number of carbonyl (C=O) groups excluding carboxylic acids is 1. The Morgan fingerprint density at radius 3 is 0.967 bits per heavy atom. The molecular formula is C12H2BrF15O2. The molecule has 0 saturated heterocycles. The average molecular weight is 543 g/mol. The maximum absolute atomic E-state index is 14.6. The topological polar surface area (TPSA) is 26.3 Å². The molecule has 0 unspecified atom stereocenters. The number of hydrogen-bond acceptors (Lipinski definition) is 2. The SMILES string of the molecule is O=C(CBr)OC12C(F)(F)C3(F)C(F)(F)C(F)(C(F)(F)C(F)(C3(F)F)C1(F)F)C2(F)F. The summed E-state index contributed by atoms with van der Waals surface area (Å²) >= 11 is 1.94. The highest BCUT2D eigenvalue weighted by atomic mass is 79.9. The van der Waals surface area contributed by atoms with E-state index in [1.165, 1.54) is 0 Å². The fourth-order valence-corrected chi connectivity index (χ4v) is 4.31. The molecule has 0 radical (unpaired) electrons. The van der Waals surface area contributed by atoms with Crippen LogP contribution in [0.25, 0.3) is 0 Å². The van der Waals surface area contributed by atoms with Gasteiger partial charge in [0.15, 0.2) is 0 Å². The number of carbonyl (C=O) groups is 1. The molecule has 0 aliphatic heterocycles. The molecule has 0 spiro atoms. The van der Waals surface area contributed by atoms with E-state index in [-0.39, 0.29) is 0 Å². The number of hydrogen-bond donors (Lipinski definition) is 0. The van der Waals surface area contributed by atoms with Crippen molar-refractivity contribution in [2.24, 2.45) is 0 Å². The standard InChI is InChI=1S/C12H2BrF15O2/c13-1-2(29)30-6-10(23,24)3(14)7(17,18)4(15,11(6,25)26)9(21,22)5(16,8(3,19)20)12(6,27)28/h1H2. The monoisotopic (exact) mass is 542 g/mol. The quantitative estimate of drug-likeness (QED) is 0.289. The van der Waals surface area contributed by atoms with Crippen LogP contribution in [-0.4, -0.2) is 69.4 Å². The van der Waals surface area contributed by atoms with E-state index >= 15 is 0 Å². The number of halogens is 16. The minimum absolute atomic E-state index is 1.70. The van der Waals surface area contributed by atoms with Gasteiger partial charge in [-0.15, -0.1) is 0 Å². The third kappa shape index (κ3) is 1.39. The number of esters is 1. The first-order chi connectivity index (χ1) is 13.0. The molecule has 0 aromatic rings. The second-order valence-electron chi connectivity index (χ2n) is 6.71. The molecule has 4 bridgehead atoms. The highest BCUT2D eigenvalue weighted by Gasteiger charge is 3.24. The summed E-state index contributed by atoms with van der Waals surface area (Å²) in [6.07, 6.45) is 0. The lowest BCUT2D eigenvalue weighted by molar-refractivity contribution is -0.614. The normalized spacial score (nSPS) is 47.7. The molecule has 0 amide bonds.